The van der Waals surface area contributed by atoms with E-state index in [2.05, 4.69) is 47.4 Å². The van der Waals surface area contributed by atoms with Gasteiger partial charge < -0.3 is 9.47 Å². The molecule has 2 aromatic carbocycles. The average Bonchev–Trinajstić information content (AvgIpc) is 3.15. The molecular weight excluding hydrogens is 599 g/mol. The Morgan fingerprint density at radius 3 is 2.22 bits per heavy atom. The third kappa shape index (κ3) is 5.57. The van der Waals surface area contributed by atoms with Crippen molar-refractivity contribution in [3.05, 3.63) is 79.8 Å². The monoisotopic (exact) mass is 620 g/mol. The summed E-state index contributed by atoms with van der Waals surface area (Å²) in [5, 5.41) is 3.05. The Morgan fingerprint density at radius 1 is 1.03 bits per heavy atom. The highest BCUT2D eigenvalue weighted by atomic mass is 127. The quantitative estimate of drug-likeness (QED) is 0.227. The summed E-state index contributed by atoms with van der Waals surface area (Å²) >= 11 is 2.20. The number of anilines is 1. The maximum atomic E-state index is 12.9. The lowest BCUT2D eigenvalue weighted by molar-refractivity contribution is 0.373. The summed E-state index contributed by atoms with van der Waals surface area (Å²) in [5.74, 6) is 0.0939. The number of H-pyrrole nitrogens is 1. The van der Waals surface area contributed by atoms with Crippen molar-refractivity contribution < 1.29 is 17.9 Å². The van der Waals surface area contributed by atoms with Crippen LogP contribution >= 0.6 is 22.6 Å². The fourth-order valence-electron chi connectivity index (χ4n) is 3.17. The third-order valence-electron chi connectivity index (χ3n) is 5.01. The van der Waals surface area contributed by atoms with Crippen LogP contribution in [0.2, 0.25) is 0 Å². The van der Waals surface area contributed by atoms with Crippen molar-refractivity contribution in [2.45, 2.75) is 11.8 Å². The number of nitrogens with zero attached hydrogens (tertiary/aromatic N) is 4. The van der Waals surface area contributed by atoms with E-state index in [0.29, 0.717) is 22.6 Å². The van der Waals surface area contributed by atoms with Crippen molar-refractivity contribution in [2.24, 2.45) is 4.99 Å². The first-order chi connectivity index (χ1) is 17.2. The standard InChI is InChI=1S/C23H21IN6O5S/c1-14-19(22(31)30(28-14)17-8-4-15(24)5-9-17)13-25-16-6-10-18(11-7-16)36(32,33)29-23-26-20(34-2)12-21(27-23)35-3/h4-13,28H,1-3H3,(H,26,27,29). The zero-order chi connectivity index (χ0) is 25.9. The van der Waals surface area contributed by atoms with Crippen LogP contribution in [0.3, 0.4) is 0 Å². The van der Waals surface area contributed by atoms with Crippen LogP contribution in [0.15, 0.2) is 69.3 Å². The highest BCUT2D eigenvalue weighted by Crippen LogP contribution is 2.22. The molecule has 0 aliphatic rings. The number of methoxy groups -OCH3 is 2. The molecule has 4 aromatic rings. The van der Waals surface area contributed by atoms with E-state index in [9.17, 15) is 13.2 Å². The highest BCUT2D eigenvalue weighted by Gasteiger charge is 2.17. The van der Waals surface area contributed by atoms with Gasteiger partial charge in [-0.3, -0.25) is 14.9 Å². The van der Waals surface area contributed by atoms with Crippen LogP contribution in [0.1, 0.15) is 11.3 Å². The molecule has 0 saturated carbocycles. The van der Waals surface area contributed by atoms with Crippen molar-refractivity contribution in [1.82, 2.24) is 19.7 Å². The average molecular weight is 620 g/mol. The van der Waals surface area contributed by atoms with Gasteiger partial charge in [-0.2, -0.15) is 9.97 Å². The number of hydrogen-bond acceptors (Lipinski definition) is 8. The normalized spacial score (nSPS) is 11.6. The van der Waals surface area contributed by atoms with Gasteiger partial charge in [-0.1, -0.05) is 0 Å². The highest BCUT2D eigenvalue weighted by molar-refractivity contribution is 14.1. The lowest BCUT2D eigenvalue weighted by Gasteiger charge is -2.09. The van der Waals surface area contributed by atoms with E-state index in [1.807, 2.05) is 24.3 Å². The molecule has 2 N–H and O–H groups in total. The van der Waals surface area contributed by atoms with Gasteiger partial charge in [0.15, 0.2) is 0 Å². The molecule has 13 heteroatoms. The number of nitrogens with one attached hydrogen (secondary N) is 2. The number of aromatic nitrogens is 4. The van der Waals surface area contributed by atoms with Crippen molar-refractivity contribution in [2.75, 3.05) is 18.9 Å². The molecule has 0 saturated heterocycles. The van der Waals surface area contributed by atoms with Crippen molar-refractivity contribution >= 4 is 50.5 Å². The number of sulfonamides is 1. The van der Waals surface area contributed by atoms with E-state index < -0.39 is 10.0 Å². The SMILES string of the molecule is COc1cc(OC)nc(NS(=O)(=O)c2ccc(N=Cc3c(C)[nH]n(-c4ccc(I)cc4)c3=O)cc2)n1. The first-order valence-electron chi connectivity index (χ1n) is 10.4. The summed E-state index contributed by atoms with van der Waals surface area (Å²) in [5.41, 5.74) is 1.99. The molecule has 11 nitrogen and oxygen atoms in total. The Bertz CT molecular complexity index is 1560. The zero-order valence-electron chi connectivity index (χ0n) is 19.4. The van der Waals surface area contributed by atoms with Crippen molar-refractivity contribution in [3.8, 4) is 17.4 Å². The first kappa shape index (κ1) is 25.4. The third-order valence-corrected chi connectivity index (χ3v) is 7.08. The number of benzene rings is 2. The van der Waals surface area contributed by atoms with Gasteiger partial charge in [-0.15, -0.1) is 0 Å². The molecule has 0 spiro atoms. The van der Waals surface area contributed by atoms with Gasteiger partial charge >= 0.3 is 0 Å². The predicted octanol–water partition coefficient (Wildman–Crippen LogP) is 3.44. The lowest BCUT2D eigenvalue weighted by Crippen LogP contribution is -2.17. The minimum atomic E-state index is -3.99. The Labute approximate surface area is 220 Å². The molecule has 0 radical (unpaired) electrons. The number of rotatable bonds is 8. The second-order valence-corrected chi connectivity index (χ2v) is 10.3. The summed E-state index contributed by atoms with van der Waals surface area (Å²) in [6, 6.07) is 14.8. The van der Waals surface area contributed by atoms with Crippen LogP contribution in [0, 0.1) is 10.5 Å². The van der Waals surface area contributed by atoms with Crippen molar-refractivity contribution in [1.29, 1.82) is 0 Å². The minimum Gasteiger partial charge on any atom is -0.481 e. The molecule has 0 unspecified atom stereocenters. The number of aromatic amines is 1. The van der Waals surface area contributed by atoms with Gasteiger partial charge in [-0.25, -0.2) is 17.8 Å². The molecule has 2 aromatic heterocycles. The summed E-state index contributed by atoms with van der Waals surface area (Å²) in [6.07, 6.45) is 1.45. The number of ether oxygens (including phenoxy) is 2. The molecule has 0 bridgehead atoms. The van der Waals surface area contributed by atoms with Crippen LogP contribution in [-0.2, 0) is 10.0 Å². The van der Waals surface area contributed by atoms with Gasteiger partial charge in [-0.05, 0) is 78.0 Å². The molecule has 0 fully saturated rings. The molecule has 186 valence electrons. The minimum absolute atomic E-state index is 0.0225. The van der Waals surface area contributed by atoms with Crippen LogP contribution < -0.4 is 19.8 Å². The van der Waals surface area contributed by atoms with Crippen LogP contribution in [0.25, 0.3) is 5.69 Å². The maximum Gasteiger partial charge on any atom is 0.280 e. The van der Waals surface area contributed by atoms with E-state index in [1.165, 1.54) is 55.4 Å². The summed E-state index contributed by atoms with van der Waals surface area (Å²) in [7, 11) is -1.20. The first-order valence-corrected chi connectivity index (χ1v) is 13.0. The number of aryl methyl sites for hydroxylation is 1. The van der Waals surface area contributed by atoms with Gasteiger partial charge in [0.25, 0.3) is 15.6 Å². The zero-order valence-corrected chi connectivity index (χ0v) is 22.4. The summed E-state index contributed by atoms with van der Waals surface area (Å²) < 4.78 is 40.4. The number of hydrogen-bond donors (Lipinski definition) is 2. The molecule has 2 heterocycles. The molecule has 36 heavy (non-hydrogen) atoms. The van der Waals surface area contributed by atoms with Crippen LogP contribution in [-0.4, -0.2) is 48.6 Å². The fraction of sp³-hybridized carbons (Fsp3) is 0.130. The Morgan fingerprint density at radius 2 is 1.64 bits per heavy atom. The van der Waals surface area contributed by atoms with Crippen LogP contribution in [0.5, 0.6) is 11.8 Å². The summed E-state index contributed by atoms with van der Waals surface area (Å²) in [6.45, 7) is 1.78. The topological polar surface area (TPSA) is 141 Å². The van der Waals surface area contributed by atoms with Gasteiger partial charge in [0.05, 0.1) is 42.1 Å². The van der Waals surface area contributed by atoms with Gasteiger partial charge in [0, 0.05) is 15.5 Å². The molecule has 0 atom stereocenters. The second-order valence-electron chi connectivity index (χ2n) is 7.40. The molecule has 0 amide bonds. The molecule has 4 rings (SSSR count). The Hall–Kier alpha value is -3.72. The number of aliphatic imine (C=N–C) groups is 1. The van der Waals surface area contributed by atoms with Crippen LogP contribution in [0.4, 0.5) is 11.6 Å². The van der Waals surface area contributed by atoms with Gasteiger partial charge in [0.1, 0.15) is 0 Å². The second kappa shape index (κ2) is 10.5. The smallest absolute Gasteiger partial charge is 0.280 e. The molecule has 0 aliphatic carbocycles. The summed E-state index contributed by atoms with van der Waals surface area (Å²) in [4.78, 5) is 25.1. The van der Waals surface area contributed by atoms with E-state index in [0.717, 1.165) is 3.57 Å². The Kier molecular flexibility index (Phi) is 7.40. The molecular formula is C23H21IN6O5S. The number of halogens is 1. The van der Waals surface area contributed by atoms with E-state index in [-0.39, 0.29) is 28.2 Å². The predicted molar refractivity (Wildman–Crippen MR) is 143 cm³/mol. The van der Waals surface area contributed by atoms with E-state index >= 15 is 0 Å². The Balaban J connectivity index is 1.54. The van der Waals surface area contributed by atoms with Gasteiger partial charge in [0.2, 0.25) is 17.7 Å². The fourth-order valence-corrected chi connectivity index (χ4v) is 4.48. The maximum absolute atomic E-state index is 12.9. The van der Waals surface area contributed by atoms with Crippen molar-refractivity contribution in [3.63, 3.8) is 0 Å². The van der Waals surface area contributed by atoms with E-state index in [4.69, 9.17) is 9.47 Å². The lowest BCUT2D eigenvalue weighted by atomic mass is 10.2. The molecule has 0 aliphatic heterocycles. The largest absolute Gasteiger partial charge is 0.481 e. The van der Waals surface area contributed by atoms with E-state index in [1.54, 1.807) is 6.92 Å².